The van der Waals surface area contributed by atoms with Crippen LogP contribution >= 0.6 is 0 Å². The monoisotopic (exact) mass is 263 g/mol. The lowest BCUT2D eigenvalue weighted by Gasteiger charge is -2.27. The first-order valence-electron chi connectivity index (χ1n) is 8.50. The van der Waals surface area contributed by atoms with E-state index in [-0.39, 0.29) is 0 Å². The minimum atomic E-state index is 0.618. The van der Waals surface area contributed by atoms with E-state index in [2.05, 4.69) is 10.9 Å². The molecule has 0 amide bonds. The van der Waals surface area contributed by atoms with Crippen molar-refractivity contribution in [3.63, 3.8) is 0 Å². The zero-order valence-corrected chi connectivity index (χ0v) is 12.2. The van der Waals surface area contributed by atoms with Gasteiger partial charge in [-0.25, -0.2) is 5.43 Å². The lowest BCUT2D eigenvalue weighted by molar-refractivity contribution is 0.295. The molecule has 2 aliphatic carbocycles. The van der Waals surface area contributed by atoms with Gasteiger partial charge in [0.2, 0.25) is 0 Å². The summed E-state index contributed by atoms with van der Waals surface area (Å²) in [6, 6.07) is 1.29. The zero-order valence-electron chi connectivity index (χ0n) is 12.2. The summed E-state index contributed by atoms with van der Waals surface area (Å²) in [6.45, 7) is 0. The summed E-state index contributed by atoms with van der Waals surface area (Å²) in [4.78, 5) is 5.02. The van der Waals surface area contributed by atoms with E-state index in [1.165, 1.54) is 76.5 Å². The largest absolute Gasteiger partial charge is 0.309 e. The SMILES string of the molecule is C1CCC(NNC2=NC3CCCCC3CCC2)CC1. The van der Waals surface area contributed by atoms with Crippen molar-refractivity contribution in [3.8, 4) is 0 Å². The van der Waals surface area contributed by atoms with E-state index in [1.807, 2.05) is 0 Å². The molecule has 0 aromatic carbocycles. The predicted octanol–water partition coefficient (Wildman–Crippen LogP) is 3.55. The van der Waals surface area contributed by atoms with Crippen LogP contribution in [0.1, 0.15) is 77.0 Å². The van der Waals surface area contributed by atoms with Crippen LogP contribution in [0, 0.1) is 5.92 Å². The molecule has 3 heteroatoms. The first-order chi connectivity index (χ1) is 9.42. The molecule has 3 nitrogen and oxygen atoms in total. The Morgan fingerprint density at radius 2 is 1.53 bits per heavy atom. The van der Waals surface area contributed by atoms with Crippen LogP contribution < -0.4 is 10.9 Å². The summed E-state index contributed by atoms with van der Waals surface area (Å²) in [5.41, 5.74) is 7.00. The van der Waals surface area contributed by atoms with Gasteiger partial charge >= 0.3 is 0 Å². The molecule has 0 radical (unpaired) electrons. The highest BCUT2D eigenvalue weighted by atomic mass is 15.4. The third-order valence-corrected chi connectivity index (χ3v) is 5.20. The summed E-state index contributed by atoms with van der Waals surface area (Å²) in [5.74, 6) is 2.11. The Morgan fingerprint density at radius 1 is 0.789 bits per heavy atom. The van der Waals surface area contributed by atoms with Crippen LogP contribution in [0.2, 0.25) is 0 Å². The molecule has 2 atom stereocenters. The molecule has 1 heterocycles. The number of nitrogens with zero attached hydrogens (tertiary/aromatic N) is 1. The molecule has 2 saturated carbocycles. The van der Waals surface area contributed by atoms with Crippen LogP contribution in [0.3, 0.4) is 0 Å². The van der Waals surface area contributed by atoms with E-state index in [9.17, 15) is 0 Å². The van der Waals surface area contributed by atoms with Gasteiger partial charge in [0, 0.05) is 12.5 Å². The number of hydrogen-bond acceptors (Lipinski definition) is 3. The molecule has 2 N–H and O–H groups in total. The fourth-order valence-electron chi connectivity index (χ4n) is 4.02. The molecule has 0 bridgehead atoms. The van der Waals surface area contributed by atoms with Crippen molar-refractivity contribution in [2.24, 2.45) is 10.9 Å². The Labute approximate surface area is 117 Å². The first-order valence-corrected chi connectivity index (χ1v) is 8.50. The van der Waals surface area contributed by atoms with Crippen LogP contribution in [0.25, 0.3) is 0 Å². The number of hydrogen-bond donors (Lipinski definition) is 2. The highest BCUT2D eigenvalue weighted by molar-refractivity contribution is 5.82. The molecule has 0 spiro atoms. The average molecular weight is 263 g/mol. The average Bonchev–Trinajstić information content (AvgIpc) is 2.68. The van der Waals surface area contributed by atoms with Crippen LogP contribution in [-0.2, 0) is 0 Å². The van der Waals surface area contributed by atoms with Gasteiger partial charge in [0.25, 0.3) is 0 Å². The van der Waals surface area contributed by atoms with E-state index < -0.39 is 0 Å². The first kappa shape index (κ1) is 13.4. The third kappa shape index (κ3) is 3.71. The van der Waals surface area contributed by atoms with Gasteiger partial charge in [-0.1, -0.05) is 32.1 Å². The van der Waals surface area contributed by atoms with Crippen molar-refractivity contribution in [2.75, 3.05) is 0 Å². The minimum absolute atomic E-state index is 0.618. The van der Waals surface area contributed by atoms with Gasteiger partial charge in [-0.3, -0.25) is 4.99 Å². The number of aliphatic imine (C=N–C) groups is 1. The summed E-state index contributed by atoms with van der Waals surface area (Å²) in [5, 5.41) is 0. The highest BCUT2D eigenvalue weighted by Gasteiger charge is 2.27. The van der Waals surface area contributed by atoms with E-state index in [0.29, 0.717) is 12.1 Å². The van der Waals surface area contributed by atoms with Crippen molar-refractivity contribution >= 4 is 5.84 Å². The Hall–Kier alpha value is -0.570. The molecule has 0 saturated heterocycles. The van der Waals surface area contributed by atoms with E-state index in [1.54, 1.807) is 0 Å². The predicted molar refractivity (Wildman–Crippen MR) is 80.2 cm³/mol. The molecule has 2 unspecified atom stereocenters. The molecule has 2 fully saturated rings. The minimum Gasteiger partial charge on any atom is -0.309 e. The second-order valence-corrected chi connectivity index (χ2v) is 6.68. The fraction of sp³-hybridized carbons (Fsp3) is 0.938. The standard InChI is InChI=1S/C16H29N3/c1-2-9-14(10-3-1)18-19-16-12-6-8-13-7-4-5-11-15(13)17-16/h13-15,18H,1-12H2,(H,17,19). The van der Waals surface area contributed by atoms with Crippen molar-refractivity contribution < 1.29 is 0 Å². The Balaban J connectivity index is 1.52. The van der Waals surface area contributed by atoms with Crippen molar-refractivity contribution in [2.45, 2.75) is 89.1 Å². The maximum Gasteiger partial charge on any atom is 0.111 e. The Bertz CT molecular complexity index is 307. The second kappa shape index (κ2) is 6.74. The van der Waals surface area contributed by atoms with Gasteiger partial charge in [-0.05, 0) is 44.4 Å². The summed E-state index contributed by atoms with van der Waals surface area (Å²) >= 11 is 0. The second-order valence-electron chi connectivity index (χ2n) is 6.68. The zero-order chi connectivity index (χ0) is 12.9. The summed E-state index contributed by atoms with van der Waals surface area (Å²) < 4.78 is 0. The van der Waals surface area contributed by atoms with E-state index >= 15 is 0 Å². The van der Waals surface area contributed by atoms with Crippen molar-refractivity contribution in [1.82, 2.24) is 10.9 Å². The molecular weight excluding hydrogens is 234 g/mol. The molecule has 3 rings (SSSR count). The van der Waals surface area contributed by atoms with Gasteiger partial charge in [-0.15, -0.1) is 0 Å². The van der Waals surface area contributed by atoms with E-state index in [0.717, 1.165) is 12.3 Å². The van der Waals surface area contributed by atoms with Gasteiger partial charge in [0.05, 0.1) is 6.04 Å². The smallest absolute Gasteiger partial charge is 0.111 e. The van der Waals surface area contributed by atoms with Crippen LogP contribution in [0.5, 0.6) is 0 Å². The number of hydrazine groups is 1. The maximum atomic E-state index is 5.02. The van der Waals surface area contributed by atoms with Crippen LogP contribution in [0.4, 0.5) is 0 Å². The van der Waals surface area contributed by atoms with Gasteiger partial charge in [-0.2, -0.15) is 0 Å². The van der Waals surface area contributed by atoms with E-state index in [4.69, 9.17) is 4.99 Å². The summed E-state index contributed by atoms with van der Waals surface area (Å²) in [6.07, 6.45) is 16.2. The fourth-order valence-corrected chi connectivity index (χ4v) is 4.02. The van der Waals surface area contributed by atoms with Crippen LogP contribution in [-0.4, -0.2) is 17.9 Å². The molecule has 0 aromatic heterocycles. The van der Waals surface area contributed by atoms with Gasteiger partial charge in [0.1, 0.15) is 5.84 Å². The number of amidine groups is 1. The molecule has 1 aliphatic heterocycles. The van der Waals surface area contributed by atoms with Crippen molar-refractivity contribution in [3.05, 3.63) is 0 Å². The highest BCUT2D eigenvalue weighted by Crippen LogP contribution is 2.32. The lowest BCUT2D eigenvalue weighted by Crippen LogP contribution is -2.45. The molecule has 108 valence electrons. The van der Waals surface area contributed by atoms with Gasteiger partial charge in [0.15, 0.2) is 0 Å². The van der Waals surface area contributed by atoms with Crippen LogP contribution in [0.15, 0.2) is 4.99 Å². The molecule has 0 aromatic rings. The molecular formula is C16H29N3. The quantitative estimate of drug-likeness (QED) is 0.747. The third-order valence-electron chi connectivity index (χ3n) is 5.20. The maximum absolute atomic E-state index is 5.02. The number of rotatable bonds is 2. The Kier molecular flexibility index (Phi) is 4.76. The molecule has 3 aliphatic rings. The Morgan fingerprint density at radius 3 is 2.42 bits per heavy atom. The number of fused-ring (bicyclic) bond motifs is 1. The van der Waals surface area contributed by atoms with Gasteiger partial charge < -0.3 is 5.43 Å². The molecule has 19 heavy (non-hydrogen) atoms. The normalized spacial score (nSPS) is 33.2. The topological polar surface area (TPSA) is 36.4 Å². The summed E-state index contributed by atoms with van der Waals surface area (Å²) in [7, 11) is 0. The van der Waals surface area contributed by atoms with Crippen molar-refractivity contribution in [1.29, 1.82) is 0 Å². The number of nitrogens with one attached hydrogen (secondary N) is 2. The lowest BCUT2D eigenvalue weighted by atomic mass is 9.82.